The number of benzene rings is 1. The zero-order valence-corrected chi connectivity index (χ0v) is 14.4. The van der Waals surface area contributed by atoms with Gasteiger partial charge in [0.25, 0.3) is 0 Å². The number of rotatable bonds is 6. The van der Waals surface area contributed by atoms with Gasteiger partial charge in [-0.2, -0.15) is 0 Å². The minimum absolute atomic E-state index is 0.0626. The molecule has 1 saturated carbocycles. The van der Waals surface area contributed by atoms with Gasteiger partial charge < -0.3 is 15.3 Å². The minimum atomic E-state index is 0.0626. The molecule has 126 valence electrons. The van der Waals surface area contributed by atoms with Gasteiger partial charge in [0.05, 0.1) is 0 Å². The number of carbonyl (C=O) groups is 1. The summed E-state index contributed by atoms with van der Waals surface area (Å²) < 4.78 is 0.192. The van der Waals surface area contributed by atoms with Crippen molar-refractivity contribution in [1.82, 2.24) is 10.2 Å². The molecule has 0 bridgehead atoms. The largest absolute Gasteiger partial charge is 0.396 e. The first kappa shape index (κ1) is 16.7. The normalized spacial score (nSPS) is 22.7. The third-order valence-electron chi connectivity index (χ3n) is 4.79. The number of aliphatic hydroxyl groups excluding tert-OH is 1. The number of nitrogens with zero attached hydrogens (tertiary/aromatic N) is 1. The molecule has 0 unspecified atom stereocenters. The van der Waals surface area contributed by atoms with Gasteiger partial charge in [-0.05, 0) is 50.2 Å². The molecule has 0 spiro atoms. The highest BCUT2D eigenvalue weighted by molar-refractivity contribution is 8.01. The number of thioether (sulfide) groups is 1. The number of piperidine rings is 1. The highest BCUT2D eigenvalue weighted by Crippen LogP contribution is 2.51. The molecule has 1 aromatic carbocycles. The number of amides is 2. The summed E-state index contributed by atoms with van der Waals surface area (Å²) in [4.78, 5) is 15.6. The van der Waals surface area contributed by atoms with Crippen LogP contribution in [0.4, 0.5) is 4.79 Å². The summed E-state index contributed by atoms with van der Waals surface area (Å²) in [5.74, 6) is 0.452. The molecule has 1 aliphatic heterocycles. The van der Waals surface area contributed by atoms with Crippen molar-refractivity contribution in [1.29, 1.82) is 0 Å². The summed E-state index contributed by atoms with van der Waals surface area (Å²) in [6.07, 6.45) is 5.30. The maximum absolute atomic E-state index is 12.4. The third kappa shape index (κ3) is 4.64. The second-order valence-corrected chi connectivity index (χ2v) is 8.26. The number of urea groups is 1. The van der Waals surface area contributed by atoms with Crippen molar-refractivity contribution < 1.29 is 9.90 Å². The fraction of sp³-hybridized carbons (Fsp3) is 0.611. The van der Waals surface area contributed by atoms with Crippen LogP contribution in [0.25, 0.3) is 0 Å². The van der Waals surface area contributed by atoms with Crippen LogP contribution in [0, 0.1) is 5.92 Å². The first-order chi connectivity index (χ1) is 11.2. The van der Waals surface area contributed by atoms with Crippen molar-refractivity contribution >= 4 is 17.8 Å². The van der Waals surface area contributed by atoms with Crippen LogP contribution in [0.2, 0.25) is 0 Å². The van der Waals surface area contributed by atoms with Gasteiger partial charge >= 0.3 is 6.03 Å². The lowest BCUT2D eigenvalue weighted by molar-refractivity contribution is 0.150. The van der Waals surface area contributed by atoms with E-state index in [1.165, 1.54) is 17.7 Å². The molecular weight excluding hydrogens is 308 g/mol. The number of likely N-dealkylation sites (tertiary alicyclic amines) is 1. The first-order valence-electron chi connectivity index (χ1n) is 8.58. The fourth-order valence-corrected chi connectivity index (χ4v) is 4.45. The van der Waals surface area contributed by atoms with Gasteiger partial charge in [0.15, 0.2) is 0 Å². The van der Waals surface area contributed by atoms with Crippen LogP contribution in [0.5, 0.6) is 0 Å². The van der Waals surface area contributed by atoms with Crippen molar-refractivity contribution in [2.24, 2.45) is 5.92 Å². The van der Waals surface area contributed by atoms with Gasteiger partial charge in [0.1, 0.15) is 0 Å². The van der Waals surface area contributed by atoms with Crippen LogP contribution in [0.1, 0.15) is 32.1 Å². The van der Waals surface area contributed by atoms with Gasteiger partial charge in [-0.25, -0.2) is 4.79 Å². The average Bonchev–Trinajstić information content (AvgIpc) is 3.34. The second kappa shape index (κ2) is 7.58. The van der Waals surface area contributed by atoms with E-state index >= 15 is 0 Å². The highest BCUT2D eigenvalue weighted by Gasteiger charge is 2.44. The summed E-state index contributed by atoms with van der Waals surface area (Å²) in [6.45, 7) is 2.58. The van der Waals surface area contributed by atoms with E-state index < -0.39 is 0 Å². The highest BCUT2D eigenvalue weighted by atomic mass is 32.2. The van der Waals surface area contributed by atoms with E-state index in [2.05, 4.69) is 29.6 Å². The molecule has 2 aliphatic rings. The maximum Gasteiger partial charge on any atom is 0.317 e. The molecule has 1 saturated heterocycles. The van der Waals surface area contributed by atoms with Crippen LogP contribution in [-0.2, 0) is 0 Å². The van der Waals surface area contributed by atoms with Crippen LogP contribution in [-0.4, -0.2) is 47.0 Å². The zero-order valence-electron chi connectivity index (χ0n) is 13.5. The smallest absolute Gasteiger partial charge is 0.317 e. The molecule has 4 nitrogen and oxygen atoms in total. The monoisotopic (exact) mass is 334 g/mol. The number of carbonyl (C=O) groups excluding carboxylic acids is 1. The molecule has 23 heavy (non-hydrogen) atoms. The van der Waals surface area contributed by atoms with Crippen molar-refractivity contribution in [3.8, 4) is 0 Å². The summed E-state index contributed by atoms with van der Waals surface area (Å²) in [7, 11) is 0. The lowest BCUT2D eigenvalue weighted by atomic mass is 9.95. The first-order valence-corrected chi connectivity index (χ1v) is 9.40. The summed E-state index contributed by atoms with van der Waals surface area (Å²) >= 11 is 1.89. The molecule has 2 N–H and O–H groups in total. The maximum atomic E-state index is 12.4. The quantitative estimate of drug-likeness (QED) is 0.840. The van der Waals surface area contributed by atoms with Gasteiger partial charge in [0, 0.05) is 35.9 Å². The van der Waals surface area contributed by atoms with Crippen LogP contribution in [0.15, 0.2) is 35.2 Å². The molecule has 2 amide bonds. The molecule has 1 aromatic rings. The lowest BCUT2D eigenvalue weighted by Crippen LogP contribution is -2.47. The molecule has 1 atom stereocenters. The van der Waals surface area contributed by atoms with Crippen molar-refractivity contribution in [3.05, 3.63) is 30.3 Å². The predicted octanol–water partition coefficient (Wildman–Crippen LogP) is 3.12. The molecule has 0 radical (unpaired) electrons. The van der Waals surface area contributed by atoms with E-state index in [1.54, 1.807) is 0 Å². The van der Waals surface area contributed by atoms with E-state index in [1.807, 2.05) is 22.7 Å². The molecule has 0 aromatic heterocycles. The molecule has 1 aliphatic carbocycles. The van der Waals surface area contributed by atoms with Gasteiger partial charge in [-0.1, -0.05) is 18.2 Å². The Balaban J connectivity index is 1.47. The molecular formula is C18H26N2O2S. The molecule has 2 fully saturated rings. The average molecular weight is 334 g/mol. The fourth-order valence-electron chi connectivity index (χ4n) is 3.21. The van der Waals surface area contributed by atoms with Crippen molar-refractivity contribution in [2.75, 3.05) is 26.2 Å². The lowest BCUT2D eigenvalue weighted by Gasteiger charge is -2.33. The van der Waals surface area contributed by atoms with Crippen LogP contribution in [0.3, 0.4) is 0 Å². The Morgan fingerprint density at radius 1 is 1.35 bits per heavy atom. The third-order valence-corrected chi connectivity index (χ3v) is 6.28. The number of aliphatic hydroxyl groups is 1. The summed E-state index contributed by atoms with van der Waals surface area (Å²) in [6, 6.07) is 10.5. The molecule has 3 rings (SSSR count). The minimum Gasteiger partial charge on any atom is -0.396 e. The van der Waals surface area contributed by atoms with Gasteiger partial charge in [-0.15, -0.1) is 11.8 Å². The van der Waals surface area contributed by atoms with Crippen molar-refractivity contribution in [2.45, 2.75) is 41.7 Å². The van der Waals surface area contributed by atoms with E-state index in [0.29, 0.717) is 5.92 Å². The molecule has 5 heteroatoms. The van der Waals surface area contributed by atoms with Crippen LogP contribution < -0.4 is 5.32 Å². The Labute approximate surface area is 142 Å². The summed E-state index contributed by atoms with van der Waals surface area (Å²) in [5, 5.41) is 12.2. The molecule has 1 heterocycles. The van der Waals surface area contributed by atoms with Gasteiger partial charge in [-0.3, -0.25) is 0 Å². The Morgan fingerprint density at radius 2 is 2.13 bits per heavy atom. The summed E-state index contributed by atoms with van der Waals surface area (Å²) in [5.41, 5.74) is 0. The Kier molecular flexibility index (Phi) is 5.49. The Hall–Kier alpha value is -1.20. The van der Waals surface area contributed by atoms with E-state index in [0.717, 1.165) is 38.9 Å². The number of hydrogen-bond acceptors (Lipinski definition) is 3. The number of hydrogen-bond donors (Lipinski definition) is 2. The van der Waals surface area contributed by atoms with Crippen LogP contribution >= 0.6 is 11.8 Å². The topological polar surface area (TPSA) is 52.6 Å². The Morgan fingerprint density at radius 3 is 2.83 bits per heavy atom. The Bertz CT molecular complexity index is 517. The SMILES string of the molecule is O=C(NCC1(Sc2ccccc2)CC1)N1CCC[C@@H](CCO)C1. The standard InChI is InChI=1S/C18H26N2O2S/c21-12-8-15-5-4-11-20(13-15)17(22)19-14-18(9-10-18)23-16-6-2-1-3-7-16/h1-3,6-7,15,21H,4-5,8-14H2,(H,19,22)/t15-/m0/s1. The van der Waals surface area contributed by atoms with Crippen molar-refractivity contribution in [3.63, 3.8) is 0 Å². The predicted molar refractivity (Wildman–Crippen MR) is 93.7 cm³/mol. The zero-order chi connectivity index (χ0) is 16.1. The van der Waals surface area contributed by atoms with E-state index in [9.17, 15) is 4.79 Å². The van der Waals surface area contributed by atoms with E-state index in [-0.39, 0.29) is 17.4 Å². The van der Waals surface area contributed by atoms with E-state index in [4.69, 9.17) is 5.11 Å². The second-order valence-electron chi connectivity index (χ2n) is 6.72. The van der Waals surface area contributed by atoms with Gasteiger partial charge in [0.2, 0.25) is 0 Å². The number of nitrogens with one attached hydrogen (secondary N) is 1.